The van der Waals surface area contributed by atoms with Gasteiger partial charge in [0.05, 0.1) is 0 Å². The van der Waals surface area contributed by atoms with Gasteiger partial charge in [-0.05, 0) is 43.5 Å². The fourth-order valence-corrected chi connectivity index (χ4v) is 2.01. The Hall–Kier alpha value is -1.03. The number of carbonyl (C=O) groups is 1. The predicted octanol–water partition coefficient (Wildman–Crippen LogP) is 3.73. The number of nitrogens with one attached hydrogen (secondary N) is 1. The molecule has 2 N–H and O–H groups in total. The molecule has 94 valence electrons. The van der Waals surface area contributed by atoms with Crippen molar-refractivity contribution in [3.8, 4) is 0 Å². The highest BCUT2D eigenvalue weighted by atomic mass is 79.9. The molecule has 17 heavy (non-hydrogen) atoms. The number of carboxylic acids is 1. The number of halogens is 1. The first-order valence-corrected chi connectivity index (χ1v) is 6.51. The lowest BCUT2D eigenvalue weighted by atomic mass is 10.1. The van der Waals surface area contributed by atoms with E-state index >= 15 is 0 Å². The number of hydrogen-bond donors (Lipinski definition) is 2. The standard InChI is InChI=1S/C13H18BrNO2/c1-4-5-11(13(16)17)15-10-6-8(2)12(14)9(3)7-10/h6-7,11,15H,4-5H2,1-3H3,(H,16,17). The second-order valence-corrected chi connectivity index (χ2v) is 5.04. The lowest BCUT2D eigenvalue weighted by molar-refractivity contribution is -0.138. The molecule has 1 unspecified atom stereocenters. The number of rotatable bonds is 5. The highest BCUT2D eigenvalue weighted by molar-refractivity contribution is 9.10. The number of benzene rings is 1. The zero-order chi connectivity index (χ0) is 13.0. The first-order valence-electron chi connectivity index (χ1n) is 5.71. The van der Waals surface area contributed by atoms with Crippen LogP contribution in [0, 0.1) is 13.8 Å². The largest absolute Gasteiger partial charge is 0.480 e. The summed E-state index contributed by atoms with van der Waals surface area (Å²) in [5.41, 5.74) is 3.07. The van der Waals surface area contributed by atoms with E-state index in [1.807, 2.05) is 32.9 Å². The number of anilines is 1. The van der Waals surface area contributed by atoms with Gasteiger partial charge in [0.25, 0.3) is 0 Å². The number of hydrogen-bond acceptors (Lipinski definition) is 2. The maximum Gasteiger partial charge on any atom is 0.326 e. The van der Waals surface area contributed by atoms with Gasteiger partial charge in [-0.25, -0.2) is 4.79 Å². The van der Waals surface area contributed by atoms with Gasteiger partial charge in [-0.1, -0.05) is 29.3 Å². The minimum absolute atomic E-state index is 0.514. The monoisotopic (exact) mass is 299 g/mol. The molecule has 3 nitrogen and oxygen atoms in total. The topological polar surface area (TPSA) is 49.3 Å². The van der Waals surface area contributed by atoms with Crippen LogP contribution in [-0.2, 0) is 4.79 Å². The molecule has 0 saturated carbocycles. The molecular weight excluding hydrogens is 282 g/mol. The van der Waals surface area contributed by atoms with E-state index in [4.69, 9.17) is 5.11 Å². The summed E-state index contributed by atoms with van der Waals surface area (Å²) in [5, 5.41) is 12.2. The minimum Gasteiger partial charge on any atom is -0.480 e. The van der Waals surface area contributed by atoms with Crippen LogP contribution in [0.5, 0.6) is 0 Å². The molecule has 0 heterocycles. The Kier molecular flexibility index (Phi) is 5.00. The Balaban J connectivity index is 2.90. The molecule has 1 atom stereocenters. The van der Waals surface area contributed by atoms with Crippen molar-refractivity contribution in [2.24, 2.45) is 0 Å². The Morgan fingerprint density at radius 2 is 1.94 bits per heavy atom. The van der Waals surface area contributed by atoms with Crippen molar-refractivity contribution in [2.75, 3.05) is 5.32 Å². The molecule has 1 aromatic rings. The van der Waals surface area contributed by atoms with E-state index in [2.05, 4.69) is 21.2 Å². The SMILES string of the molecule is CCCC(Nc1cc(C)c(Br)c(C)c1)C(=O)O. The summed E-state index contributed by atoms with van der Waals surface area (Å²) < 4.78 is 1.07. The molecule has 1 rings (SSSR count). The van der Waals surface area contributed by atoms with Crippen molar-refractivity contribution < 1.29 is 9.90 Å². The average Bonchev–Trinajstić information content (AvgIpc) is 2.25. The van der Waals surface area contributed by atoms with Crippen molar-refractivity contribution in [3.63, 3.8) is 0 Å². The molecule has 0 aromatic heterocycles. The molecule has 0 saturated heterocycles. The van der Waals surface area contributed by atoms with Crippen molar-refractivity contribution in [2.45, 2.75) is 39.7 Å². The Labute approximate surface area is 110 Å². The van der Waals surface area contributed by atoms with Crippen LogP contribution in [0.1, 0.15) is 30.9 Å². The van der Waals surface area contributed by atoms with Crippen LogP contribution in [0.15, 0.2) is 16.6 Å². The molecular formula is C13H18BrNO2. The number of aryl methyl sites for hydroxylation is 2. The zero-order valence-corrected chi connectivity index (χ0v) is 12.0. The van der Waals surface area contributed by atoms with Gasteiger partial charge in [-0.15, -0.1) is 0 Å². The van der Waals surface area contributed by atoms with Gasteiger partial charge in [0.1, 0.15) is 6.04 Å². The molecule has 0 fully saturated rings. The predicted molar refractivity (Wildman–Crippen MR) is 73.6 cm³/mol. The van der Waals surface area contributed by atoms with Crippen molar-refractivity contribution in [1.29, 1.82) is 0 Å². The lowest BCUT2D eigenvalue weighted by Crippen LogP contribution is -2.29. The van der Waals surface area contributed by atoms with Gasteiger partial charge < -0.3 is 10.4 Å². The first kappa shape index (κ1) is 14.0. The third-order valence-corrected chi connectivity index (χ3v) is 3.90. The fourth-order valence-electron chi connectivity index (χ4n) is 1.78. The van der Waals surface area contributed by atoms with Crippen LogP contribution in [0.3, 0.4) is 0 Å². The first-order chi connectivity index (χ1) is 7.95. The summed E-state index contributed by atoms with van der Waals surface area (Å²) in [7, 11) is 0. The number of aliphatic carboxylic acids is 1. The van der Waals surface area contributed by atoms with E-state index < -0.39 is 12.0 Å². The molecule has 0 aliphatic carbocycles. The quantitative estimate of drug-likeness (QED) is 0.871. The normalized spacial score (nSPS) is 12.2. The number of carboxylic acid groups (broad SMARTS) is 1. The summed E-state index contributed by atoms with van der Waals surface area (Å²) in [5.74, 6) is -0.801. The van der Waals surface area contributed by atoms with Crippen molar-refractivity contribution in [1.82, 2.24) is 0 Å². The summed E-state index contributed by atoms with van der Waals surface area (Å²) in [6, 6.07) is 3.41. The molecule has 1 aromatic carbocycles. The molecule has 0 bridgehead atoms. The molecule has 4 heteroatoms. The maximum atomic E-state index is 11.1. The van der Waals surface area contributed by atoms with E-state index in [1.165, 1.54) is 0 Å². The lowest BCUT2D eigenvalue weighted by Gasteiger charge is -2.16. The van der Waals surface area contributed by atoms with E-state index in [1.54, 1.807) is 0 Å². The van der Waals surface area contributed by atoms with Crippen molar-refractivity contribution in [3.05, 3.63) is 27.7 Å². The summed E-state index contributed by atoms with van der Waals surface area (Å²) in [4.78, 5) is 11.1. The van der Waals surface area contributed by atoms with Crippen LogP contribution in [0.4, 0.5) is 5.69 Å². The van der Waals surface area contributed by atoms with Gasteiger partial charge in [0.15, 0.2) is 0 Å². The van der Waals surface area contributed by atoms with E-state index in [9.17, 15) is 4.79 Å². The third-order valence-electron chi connectivity index (χ3n) is 2.65. The van der Waals surface area contributed by atoms with Crippen LogP contribution in [0.2, 0.25) is 0 Å². The Morgan fingerprint density at radius 1 is 1.41 bits per heavy atom. The van der Waals surface area contributed by atoms with Gasteiger partial charge in [-0.3, -0.25) is 0 Å². The Morgan fingerprint density at radius 3 is 2.35 bits per heavy atom. The van der Waals surface area contributed by atoms with Crippen LogP contribution in [0.25, 0.3) is 0 Å². The molecule has 0 aliphatic rings. The highest BCUT2D eigenvalue weighted by Crippen LogP contribution is 2.25. The zero-order valence-electron chi connectivity index (χ0n) is 10.4. The van der Waals surface area contributed by atoms with E-state index in [-0.39, 0.29) is 0 Å². The summed E-state index contributed by atoms with van der Waals surface area (Å²) in [6.07, 6.45) is 1.47. The maximum absolute atomic E-state index is 11.1. The van der Waals surface area contributed by atoms with Crippen LogP contribution < -0.4 is 5.32 Å². The highest BCUT2D eigenvalue weighted by Gasteiger charge is 2.16. The van der Waals surface area contributed by atoms with Gasteiger partial charge in [0.2, 0.25) is 0 Å². The van der Waals surface area contributed by atoms with E-state index in [0.717, 1.165) is 27.7 Å². The van der Waals surface area contributed by atoms with Gasteiger partial charge in [0, 0.05) is 10.2 Å². The smallest absolute Gasteiger partial charge is 0.326 e. The van der Waals surface area contributed by atoms with Crippen molar-refractivity contribution >= 4 is 27.6 Å². The molecule has 0 spiro atoms. The summed E-state index contributed by atoms with van der Waals surface area (Å²) in [6.45, 7) is 5.98. The van der Waals surface area contributed by atoms with Gasteiger partial charge >= 0.3 is 5.97 Å². The van der Waals surface area contributed by atoms with Crippen LogP contribution in [-0.4, -0.2) is 17.1 Å². The summed E-state index contributed by atoms with van der Waals surface area (Å²) >= 11 is 3.50. The second-order valence-electron chi connectivity index (χ2n) is 4.25. The third kappa shape index (κ3) is 3.73. The molecule has 0 amide bonds. The molecule has 0 aliphatic heterocycles. The average molecular weight is 300 g/mol. The fraction of sp³-hybridized carbons (Fsp3) is 0.462. The second kappa shape index (κ2) is 6.05. The van der Waals surface area contributed by atoms with E-state index in [0.29, 0.717) is 6.42 Å². The van der Waals surface area contributed by atoms with Gasteiger partial charge in [-0.2, -0.15) is 0 Å². The minimum atomic E-state index is -0.801. The molecule has 0 radical (unpaired) electrons. The Bertz CT molecular complexity index is 395. The van der Waals surface area contributed by atoms with Crippen LogP contribution >= 0.6 is 15.9 Å².